The number of amides is 1. The van der Waals surface area contributed by atoms with Crippen LogP contribution in [0.1, 0.15) is 23.7 Å². The van der Waals surface area contributed by atoms with E-state index in [2.05, 4.69) is 10.1 Å². The molecule has 1 aromatic rings. The normalized spacial score (nSPS) is 13.1. The number of carbonyl (C=O) groups is 3. The quantitative estimate of drug-likeness (QED) is 0.669. The minimum atomic E-state index is -1.14. The van der Waals surface area contributed by atoms with E-state index in [1.54, 1.807) is 19.1 Å². The molecule has 1 rings (SSSR count). The fourth-order valence-corrected chi connectivity index (χ4v) is 1.68. The van der Waals surface area contributed by atoms with Crippen molar-refractivity contribution in [2.75, 3.05) is 12.4 Å². The molecule has 0 saturated heterocycles. The molecule has 0 aliphatic rings. The van der Waals surface area contributed by atoms with Crippen molar-refractivity contribution in [1.29, 1.82) is 0 Å². The second-order valence-electron chi connectivity index (χ2n) is 4.66. The smallest absolute Gasteiger partial charge is 0.337 e. The van der Waals surface area contributed by atoms with Crippen LogP contribution in [0.5, 0.6) is 0 Å². The summed E-state index contributed by atoms with van der Waals surface area (Å²) >= 11 is 0. The molecular formula is C14H18N2O5. The SMILES string of the molecule is COC(=O)c1ccc(NC(=O)CC(C)[C@H](N)C(=O)O)cc1. The monoisotopic (exact) mass is 294 g/mol. The van der Waals surface area contributed by atoms with E-state index in [1.807, 2.05) is 0 Å². The molecule has 4 N–H and O–H groups in total. The summed E-state index contributed by atoms with van der Waals surface area (Å²) in [5, 5.41) is 11.4. The van der Waals surface area contributed by atoms with Gasteiger partial charge >= 0.3 is 11.9 Å². The third-order valence-corrected chi connectivity index (χ3v) is 3.00. The average molecular weight is 294 g/mol. The highest BCUT2D eigenvalue weighted by Gasteiger charge is 2.22. The Balaban J connectivity index is 2.59. The molecular weight excluding hydrogens is 276 g/mol. The van der Waals surface area contributed by atoms with Crippen molar-refractivity contribution < 1.29 is 24.2 Å². The number of rotatable bonds is 6. The highest BCUT2D eigenvalue weighted by atomic mass is 16.5. The van der Waals surface area contributed by atoms with E-state index in [0.717, 1.165) is 0 Å². The molecule has 0 spiro atoms. The van der Waals surface area contributed by atoms with Crippen molar-refractivity contribution in [3.05, 3.63) is 29.8 Å². The molecule has 2 atom stereocenters. The fraction of sp³-hybridized carbons (Fsp3) is 0.357. The van der Waals surface area contributed by atoms with Gasteiger partial charge in [0, 0.05) is 12.1 Å². The molecule has 1 amide bonds. The maximum Gasteiger partial charge on any atom is 0.337 e. The number of methoxy groups -OCH3 is 1. The van der Waals surface area contributed by atoms with Crippen LogP contribution in [0.2, 0.25) is 0 Å². The highest BCUT2D eigenvalue weighted by Crippen LogP contribution is 2.13. The zero-order valence-corrected chi connectivity index (χ0v) is 11.8. The molecule has 7 heteroatoms. The van der Waals surface area contributed by atoms with Crippen molar-refractivity contribution >= 4 is 23.5 Å². The van der Waals surface area contributed by atoms with E-state index in [-0.39, 0.29) is 12.3 Å². The predicted octanol–water partition coefficient (Wildman–Crippen LogP) is 0.850. The molecule has 0 aliphatic carbocycles. The number of nitrogens with two attached hydrogens (primary N) is 1. The van der Waals surface area contributed by atoms with Gasteiger partial charge in [-0.25, -0.2) is 4.79 Å². The molecule has 114 valence electrons. The molecule has 0 bridgehead atoms. The van der Waals surface area contributed by atoms with E-state index in [1.165, 1.54) is 19.2 Å². The second-order valence-corrected chi connectivity index (χ2v) is 4.66. The Hall–Kier alpha value is -2.41. The van der Waals surface area contributed by atoms with E-state index in [0.29, 0.717) is 11.3 Å². The minimum absolute atomic E-state index is 0.00772. The summed E-state index contributed by atoms with van der Waals surface area (Å²) in [5.41, 5.74) is 6.31. The van der Waals surface area contributed by atoms with Gasteiger partial charge in [-0.05, 0) is 30.2 Å². The van der Waals surface area contributed by atoms with E-state index in [4.69, 9.17) is 10.8 Å². The molecule has 1 unspecified atom stereocenters. The molecule has 0 fully saturated rings. The number of carbonyl (C=O) groups excluding carboxylic acids is 2. The number of aliphatic carboxylic acids is 1. The molecule has 0 heterocycles. The van der Waals surface area contributed by atoms with Gasteiger partial charge in [0.15, 0.2) is 0 Å². The molecule has 7 nitrogen and oxygen atoms in total. The van der Waals surface area contributed by atoms with Crippen molar-refractivity contribution in [3.8, 4) is 0 Å². The van der Waals surface area contributed by atoms with E-state index >= 15 is 0 Å². The van der Waals surface area contributed by atoms with Gasteiger partial charge in [-0.3, -0.25) is 9.59 Å². The Morgan fingerprint density at radius 3 is 2.33 bits per heavy atom. The highest BCUT2D eigenvalue weighted by molar-refractivity contribution is 5.93. The van der Waals surface area contributed by atoms with Gasteiger partial charge in [-0.2, -0.15) is 0 Å². The predicted molar refractivity (Wildman–Crippen MR) is 75.8 cm³/mol. The van der Waals surface area contributed by atoms with Crippen LogP contribution in [-0.4, -0.2) is 36.1 Å². The number of esters is 1. The number of ether oxygens (including phenoxy) is 1. The Bertz CT molecular complexity index is 527. The van der Waals surface area contributed by atoms with Crippen LogP contribution >= 0.6 is 0 Å². The number of hydrogen-bond acceptors (Lipinski definition) is 5. The maximum atomic E-state index is 11.8. The summed E-state index contributed by atoms with van der Waals surface area (Å²) in [7, 11) is 1.28. The first-order valence-electron chi connectivity index (χ1n) is 6.31. The summed E-state index contributed by atoms with van der Waals surface area (Å²) in [6, 6.07) is 5.08. The number of carboxylic acid groups (broad SMARTS) is 1. The van der Waals surface area contributed by atoms with Gasteiger partial charge < -0.3 is 20.9 Å². The van der Waals surface area contributed by atoms with E-state index < -0.39 is 23.9 Å². The van der Waals surface area contributed by atoms with Crippen LogP contribution in [0.3, 0.4) is 0 Å². The number of benzene rings is 1. The van der Waals surface area contributed by atoms with Crippen LogP contribution in [0.25, 0.3) is 0 Å². The first-order valence-corrected chi connectivity index (χ1v) is 6.31. The van der Waals surface area contributed by atoms with Crippen molar-refractivity contribution in [3.63, 3.8) is 0 Å². The summed E-state index contributed by atoms with van der Waals surface area (Å²) in [6.07, 6.45) is -0.00772. The lowest BCUT2D eigenvalue weighted by Crippen LogP contribution is -2.38. The minimum Gasteiger partial charge on any atom is -0.480 e. The largest absolute Gasteiger partial charge is 0.480 e. The summed E-state index contributed by atoms with van der Waals surface area (Å²) < 4.78 is 4.56. The van der Waals surface area contributed by atoms with Crippen molar-refractivity contribution in [2.45, 2.75) is 19.4 Å². The molecule has 0 radical (unpaired) electrons. The lowest BCUT2D eigenvalue weighted by molar-refractivity contribution is -0.139. The van der Waals surface area contributed by atoms with Crippen LogP contribution in [0.4, 0.5) is 5.69 Å². The van der Waals surface area contributed by atoms with Gasteiger partial charge in [0.1, 0.15) is 6.04 Å². The van der Waals surface area contributed by atoms with Crippen LogP contribution in [0.15, 0.2) is 24.3 Å². The number of hydrogen-bond donors (Lipinski definition) is 3. The fourth-order valence-electron chi connectivity index (χ4n) is 1.68. The summed E-state index contributed by atoms with van der Waals surface area (Å²) in [5.74, 6) is -2.44. The maximum absolute atomic E-state index is 11.8. The number of carboxylic acids is 1. The lowest BCUT2D eigenvalue weighted by Gasteiger charge is -2.15. The zero-order valence-electron chi connectivity index (χ0n) is 11.8. The molecule has 0 saturated carbocycles. The average Bonchev–Trinajstić information content (AvgIpc) is 2.46. The third-order valence-electron chi connectivity index (χ3n) is 3.00. The van der Waals surface area contributed by atoms with E-state index in [9.17, 15) is 14.4 Å². The first-order chi connectivity index (χ1) is 9.85. The third kappa shape index (κ3) is 4.88. The van der Waals surface area contributed by atoms with Crippen molar-refractivity contribution in [2.24, 2.45) is 11.7 Å². The van der Waals surface area contributed by atoms with Crippen LogP contribution < -0.4 is 11.1 Å². The van der Waals surface area contributed by atoms with Gasteiger partial charge in [-0.15, -0.1) is 0 Å². The lowest BCUT2D eigenvalue weighted by atomic mass is 9.99. The molecule has 1 aromatic carbocycles. The van der Waals surface area contributed by atoms with Crippen LogP contribution in [0, 0.1) is 5.92 Å². The Morgan fingerprint density at radius 1 is 1.29 bits per heavy atom. The van der Waals surface area contributed by atoms with Gasteiger partial charge in [-0.1, -0.05) is 6.92 Å². The Kier molecular flexibility index (Phi) is 5.86. The Labute approximate surface area is 122 Å². The summed E-state index contributed by atoms with van der Waals surface area (Å²) in [6.45, 7) is 1.60. The zero-order chi connectivity index (χ0) is 16.0. The molecule has 21 heavy (non-hydrogen) atoms. The molecule has 0 aliphatic heterocycles. The standard InChI is InChI=1S/C14H18N2O5/c1-8(12(15)13(18)19)7-11(17)16-10-5-3-9(4-6-10)14(20)21-2/h3-6,8,12H,7,15H2,1-2H3,(H,16,17)(H,18,19)/t8?,12-/m0/s1. The Morgan fingerprint density at radius 2 is 1.86 bits per heavy atom. The summed E-state index contributed by atoms with van der Waals surface area (Å²) in [4.78, 5) is 33.7. The topological polar surface area (TPSA) is 119 Å². The van der Waals surface area contributed by atoms with Gasteiger partial charge in [0.25, 0.3) is 0 Å². The van der Waals surface area contributed by atoms with Gasteiger partial charge in [0.2, 0.25) is 5.91 Å². The van der Waals surface area contributed by atoms with Gasteiger partial charge in [0.05, 0.1) is 12.7 Å². The first kappa shape index (κ1) is 16.6. The second kappa shape index (κ2) is 7.39. The molecule has 0 aromatic heterocycles. The number of nitrogens with one attached hydrogen (secondary N) is 1. The number of anilines is 1. The van der Waals surface area contributed by atoms with Crippen LogP contribution in [-0.2, 0) is 14.3 Å². The van der Waals surface area contributed by atoms with Crippen molar-refractivity contribution in [1.82, 2.24) is 0 Å².